The number of hydrogen-bond acceptors (Lipinski definition) is 3. The Morgan fingerprint density at radius 3 is 2.75 bits per heavy atom. The minimum atomic E-state index is 0.375. The normalized spacial score (nSPS) is 24.4. The zero-order chi connectivity index (χ0) is 12.0. The SMILES string of the molecule is CCSCCN1CCCNC(C(C)(C)C)C1. The van der Waals surface area contributed by atoms with Gasteiger partial charge in [-0.05, 0) is 30.7 Å². The van der Waals surface area contributed by atoms with Gasteiger partial charge in [0.1, 0.15) is 0 Å². The third-order valence-electron chi connectivity index (χ3n) is 3.28. The molecule has 0 bridgehead atoms. The Morgan fingerprint density at radius 1 is 1.38 bits per heavy atom. The van der Waals surface area contributed by atoms with E-state index < -0.39 is 0 Å². The summed E-state index contributed by atoms with van der Waals surface area (Å²) in [7, 11) is 0. The second kappa shape index (κ2) is 6.87. The summed E-state index contributed by atoms with van der Waals surface area (Å²) in [6.45, 7) is 14.2. The first-order valence-electron chi connectivity index (χ1n) is 6.57. The minimum absolute atomic E-state index is 0.375. The Labute approximate surface area is 106 Å². The van der Waals surface area contributed by atoms with Crippen molar-refractivity contribution in [2.45, 2.75) is 40.2 Å². The second-order valence-corrected chi connectivity index (χ2v) is 7.12. The van der Waals surface area contributed by atoms with E-state index in [2.05, 4.69) is 49.7 Å². The molecule has 16 heavy (non-hydrogen) atoms. The van der Waals surface area contributed by atoms with E-state index in [1.807, 2.05) is 0 Å². The molecule has 96 valence electrons. The molecule has 1 atom stereocenters. The first-order chi connectivity index (χ1) is 7.54. The molecule has 0 aliphatic carbocycles. The van der Waals surface area contributed by atoms with Gasteiger partial charge in [-0.1, -0.05) is 27.7 Å². The van der Waals surface area contributed by atoms with E-state index in [1.165, 1.54) is 44.1 Å². The van der Waals surface area contributed by atoms with Gasteiger partial charge in [-0.25, -0.2) is 0 Å². The first-order valence-corrected chi connectivity index (χ1v) is 7.73. The summed E-state index contributed by atoms with van der Waals surface area (Å²) in [4.78, 5) is 2.64. The van der Waals surface area contributed by atoms with Crippen LogP contribution in [0.2, 0.25) is 0 Å². The van der Waals surface area contributed by atoms with Crippen LogP contribution in [0.1, 0.15) is 34.1 Å². The van der Waals surface area contributed by atoms with E-state index in [-0.39, 0.29) is 0 Å². The Kier molecular flexibility index (Phi) is 6.16. The van der Waals surface area contributed by atoms with E-state index in [9.17, 15) is 0 Å². The molecule has 1 aliphatic rings. The van der Waals surface area contributed by atoms with Crippen LogP contribution in [0.3, 0.4) is 0 Å². The van der Waals surface area contributed by atoms with Gasteiger partial charge in [0.25, 0.3) is 0 Å². The molecule has 1 N–H and O–H groups in total. The van der Waals surface area contributed by atoms with E-state index in [0.29, 0.717) is 11.5 Å². The van der Waals surface area contributed by atoms with E-state index in [0.717, 1.165) is 0 Å². The number of rotatable bonds is 4. The molecule has 0 radical (unpaired) electrons. The summed E-state index contributed by atoms with van der Waals surface area (Å²) in [5.74, 6) is 2.53. The van der Waals surface area contributed by atoms with Crippen LogP contribution in [0.5, 0.6) is 0 Å². The van der Waals surface area contributed by atoms with Gasteiger partial charge < -0.3 is 10.2 Å². The largest absolute Gasteiger partial charge is 0.312 e. The van der Waals surface area contributed by atoms with Crippen molar-refractivity contribution in [2.75, 3.05) is 37.7 Å². The van der Waals surface area contributed by atoms with Crippen molar-refractivity contribution in [2.24, 2.45) is 5.41 Å². The van der Waals surface area contributed by atoms with E-state index >= 15 is 0 Å². The quantitative estimate of drug-likeness (QED) is 0.765. The second-order valence-electron chi connectivity index (χ2n) is 5.72. The fourth-order valence-corrected chi connectivity index (χ4v) is 2.79. The van der Waals surface area contributed by atoms with Gasteiger partial charge in [-0.3, -0.25) is 0 Å². The van der Waals surface area contributed by atoms with E-state index in [1.54, 1.807) is 0 Å². The van der Waals surface area contributed by atoms with Crippen LogP contribution < -0.4 is 5.32 Å². The fraction of sp³-hybridized carbons (Fsp3) is 1.00. The zero-order valence-corrected chi connectivity index (χ0v) is 12.2. The van der Waals surface area contributed by atoms with Crippen LogP contribution in [0.15, 0.2) is 0 Å². The Bertz CT molecular complexity index is 189. The maximum absolute atomic E-state index is 3.69. The lowest BCUT2D eigenvalue weighted by Gasteiger charge is -2.33. The van der Waals surface area contributed by atoms with Gasteiger partial charge in [0.05, 0.1) is 0 Å². The van der Waals surface area contributed by atoms with Gasteiger partial charge in [0, 0.05) is 24.9 Å². The van der Waals surface area contributed by atoms with Crippen LogP contribution >= 0.6 is 11.8 Å². The highest BCUT2D eigenvalue weighted by Crippen LogP contribution is 2.21. The topological polar surface area (TPSA) is 15.3 Å². The van der Waals surface area contributed by atoms with Crippen molar-refractivity contribution >= 4 is 11.8 Å². The molecule has 0 aromatic heterocycles. The molecule has 0 saturated carbocycles. The smallest absolute Gasteiger partial charge is 0.0243 e. The predicted molar refractivity (Wildman–Crippen MR) is 75.3 cm³/mol. The molecular weight excluding hydrogens is 216 g/mol. The molecule has 0 aromatic rings. The van der Waals surface area contributed by atoms with Crippen LogP contribution in [-0.4, -0.2) is 48.6 Å². The molecule has 2 nitrogen and oxygen atoms in total. The van der Waals surface area contributed by atoms with Gasteiger partial charge in [0.15, 0.2) is 0 Å². The van der Waals surface area contributed by atoms with Crippen molar-refractivity contribution in [3.05, 3.63) is 0 Å². The monoisotopic (exact) mass is 244 g/mol. The molecule has 0 spiro atoms. The molecule has 1 rings (SSSR count). The maximum atomic E-state index is 3.69. The number of nitrogens with one attached hydrogen (secondary N) is 1. The zero-order valence-electron chi connectivity index (χ0n) is 11.4. The van der Waals surface area contributed by atoms with Crippen LogP contribution in [0.4, 0.5) is 0 Å². The molecule has 0 aromatic carbocycles. The van der Waals surface area contributed by atoms with Crippen molar-refractivity contribution in [1.82, 2.24) is 10.2 Å². The van der Waals surface area contributed by atoms with Gasteiger partial charge >= 0.3 is 0 Å². The molecule has 1 fully saturated rings. The van der Waals surface area contributed by atoms with Gasteiger partial charge in [0.2, 0.25) is 0 Å². The number of thioether (sulfide) groups is 1. The lowest BCUT2D eigenvalue weighted by Crippen LogP contribution is -2.46. The minimum Gasteiger partial charge on any atom is -0.312 e. The van der Waals surface area contributed by atoms with Crippen molar-refractivity contribution in [1.29, 1.82) is 0 Å². The average molecular weight is 244 g/mol. The lowest BCUT2D eigenvalue weighted by molar-refractivity contribution is 0.204. The van der Waals surface area contributed by atoms with Gasteiger partial charge in [-0.2, -0.15) is 11.8 Å². The molecule has 1 saturated heterocycles. The fourth-order valence-electron chi connectivity index (χ4n) is 2.11. The summed E-state index contributed by atoms with van der Waals surface area (Å²) in [5, 5.41) is 3.69. The Hall–Kier alpha value is 0.270. The standard InChI is InChI=1S/C13H28N2S/c1-5-16-10-9-15-8-6-7-14-12(11-15)13(2,3)4/h12,14H,5-11H2,1-4H3. The lowest BCUT2D eigenvalue weighted by atomic mass is 9.86. The molecule has 3 heteroatoms. The summed E-state index contributed by atoms with van der Waals surface area (Å²) in [5.41, 5.74) is 0.375. The molecule has 1 heterocycles. The summed E-state index contributed by atoms with van der Waals surface area (Å²) >= 11 is 2.06. The third-order valence-corrected chi connectivity index (χ3v) is 4.16. The Balaban J connectivity index is 2.39. The summed E-state index contributed by atoms with van der Waals surface area (Å²) in [6.07, 6.45) is 1.30. The van der Waals surface area contributed by atoms with Crippen LogP contribution in [-0.2, 0) is 0 Å². The summed E-state index contributed by atoms with van der Waals surface area (Å²) < 4.78 is 0. The number of hydrogen-bond donors (Lipinski definition) is 1. The highest BCUT2D eigenvalue weighted by atomic mass is 32.2. The average Bonchev–Trinajstić information content (AvgIpc) is 2.43. The molecule has 1 unspecified atom stereocenters. The first kappa shape index (κ1) is 14.3. The van der Waals surface area contributed by atoms with Gasteiger partial charge in [-0.15, -0.1) is 0 Å². The Morgan fingerprint density at radius 2 is 2.12 bits per heavy atom. The van der Waals surface area contributed by atoms with Crippen molar-refractivity contribution in [3.8, 4) is 0 Å². The molecule has 1 aliphatic heterocycles. The van der Waals surface area contributed by atoms with Crippen molar-refractivity contribution in [3.63, 3.8) is 0 Å². The number of nitrogens with zero attached hydrogens (tertiary/aromatic N) is 1. The highest BCUT2D eigenvalue weighted by molar-refractivity contribution is 7.99. The van der Waals surface area contributed by atoms with E-state index in [4.69, 9.17) is 0 Å². The predicted octanol–water partition coefficient (Wildman–Crippen LogP) is 2.45. The van der Waals surface area contributed by atoms with Crippen LogP contribution in [0.25, 0.3) is 0 Å². The van der Waals surface area contributed by atoms with Crippen molar-refractivity contribution < 1.29 is 0 Å². The summed E-state index contributed by atoms with van der Waals surface area (Å²) in [6, 6.07) is 0.640. The molecular formula is C13H28N2S. The third kappa shape index (κ3) is 5.07. The van der Waals surface area contributed by atoms with Crippen LogP contribution in [0, 0.1) is 5.41 Å². The highest BCUT2D eigenvalue weighted by Gasteiger charge is 2.27. The maximum Gasteiger partial charge on any atom is 0.0243 e. The molecule has 0 amide bonds.